The summed E-state index contributed by atoms with van der Waals surface area (Å²) in [6.07, 6.45) is 0.788. The molecule has 10 heteroatoms. The van der Waals surface area contributed by atoms with Crippen molar-refractivity contribution in [3.05, 3.63) is 205 Å². The maximum Gasteiger partial charge on any atom is 0.333 e. The molecular formula is C62H36B2N4OS3. The molecule has 0 atom stereocenters. The van der Waals surface area contributed by atoms with Gasteiger partial charge in [0.25, 0.3) is 0 Å². The molecule has 0 aromatic heterocycles. The third kappa shape index (κ3) is 4.93. The van der Waals surface area contributed by atoms with E-state index in [2.05, 4.69) is 214 Å². The number of rotatable bonds is 2. The Morgan fingerprint density at radius 2 is 0.917 bits per heavy atom. The molecule has 0 spiro atoms. The zero-order valence-electron chi connectivity index (χ0n) is 38.7. The largest absolute Gasteiger partial charge is 0.453 e. The number of benzene rings is 10. The van der Waals surface area contributed by atoms with E-state index >= 15 is 0 Å². The van der Waals surface area contributed by atoms with Crippen molar-refractivity contribution in [2.45, 2.75) is 42.7 Å². The summed E-state index contributed by atoms with van der Waals surface area (Å²) in [5, 5.41) is 0. The smallest absolute Gasteiger partial charge is 0.333 e. The number of nitrogens with zero attached hydrogens (tertiary/aromatic N) is 4. The number of aryl methyl sites for hydroxylation is 1. The van der Waals surface area contributed by atoms with Crippen LogP contribution in [0.4, 0.5) is 56.9 Å². The summed E-state index contributed by atoms with van der Waals surface area (Å²) in [5.41, 5.74) is 26.9. The van der Waals surface area contributed by atoms with Crippen molar-refractivity contribution in [2.24, 2.45) is 0 Å². The molecule has 0 saturated heterocycles. The highest BCUT2D eigenvalue weighted by Gasteiger charge is 2.51. The molecule has 0 aliphatic carbocycles. The first-order valence-electron chi connectivity index (χ1n) is 24.8. The Hall–Kier alpha value is -7.62. The summed E-state index contributed by atoms with van der Waals surface area (Å²) in [6.45, 7) is 2.23. The highest BCUT2D eigenvalue weighted by molar-refractivity contribution is 8.00. The minimum absolute atomic E-state index is 0.0131. The molecule has 0 unspecified atom stereocenters. The van der Waals surface area contributed by atoms with Crippen LogP contribution in [0.15, 0.2) is 217 Å². The van der Waals surface area contributed by atoms with Crippen LogP contribution in [-0.2, 0) is 6.42 Å². The van der Waals surface area contributed by atoms with Crippen LogP contribution >= 0.6 is 35.3 Å². The maximum atomic E-state index is 6.76. The van der Waals surface area contributed by atoms with E-state index in [9.17, 15) is 0 Å². The topological polar surface area (TPSA) is 22.2 Å². The van der Waals surface area contributed by atoms with Gasteiger partial charge < -0.3 is 24.2 Å². The monoisotopic (exact) mass is 970 g/mol. The number of para-hydroxylation sites is 8. The molecule has 334 valence electrons. The van der Waals surface area contributed by atoms with E-state index in [0.717, 1.165) is 29.3 Å². The highest BCUT2D eigenvalue weighted by atomic mass is 32.2. The van der Waals surface area contributed by atoms with E-state index in [1.807, 2.05) is 35.3 Å². The van der Waals surface area contributed by atoms with Gasteiger partial charge in [-0.15, -0.1) is 0 Å². The van der Waals surface area contributed by atoms with E-state index in [0.29, 0.717) is 0 Å². The molecule has 0 N–H and O–H groups in total. The van der Waals surface area contributed by atoms with E-state index in [4.69, 9.17) is 4.74 Å². The normalized spacial score (nSPS) is 15.1. The van der Waals surface area contributed by atoms with Gasteiger partial charge >= 0.3 is 13.7 Å². The summed E-state index contributed by atoms with van der Waals surface area (Å²) in [6, 6.07) is 71.1. The van der Waals surface area contributed by atoms with Gasteiger partial charge in [-0.1, -0.05) is 138 Å². The van der Waals surface area contributed by atoms with Gasteiger partial charge in [0.05, 0.1) is 39.8 Å². The molecule has 10 aromatic rings. The predicted molar refractivity (Wildman–Crippen MR) is 300 cm³/mol. The van der Waals surface area contributed by atoms with Crippen molar-refractivity contribution in [2.75, 3.05) is 19.4 Å². The number of fused-ring (bicyclic) bond motifs is 16. The lowest BCUT2D eigenvalue weighted by atomic mass is 9.43. The molecule has 5 nitrogen and oxygen atoms in total. The summed E-state index contributed by atoms with van der Waals surface area (Å²) >= 11 is 5.71. The zero-order chi connectivity index (χ0) is 46.7. The second-order valence-electron chi connectivity index (χ2n) is 20.0. The molecule has 8 heterocycles. The first kappa shape index (κ1) is 39.0. The average Bonchev–Trinajstić information content (AvgIpc) is 3.42. The second-order valence-corrected chi connectivity index (χ2v) is 23.3. The molecule has 0 saturated carbocycles. The van der Waals surface area contributed by atoms with E-state index < -0.39 is 0 Å². The fourth-order valence-corrected chi connectivity index (χ4v) is 16.9. The van der Waals surface area contributed by atoms with Gasteiger partial charge in [0.15, 0.2) is 5.75 Å². The third-order valence-electron chi connectivity index (χ3n) is 16.1. The number of hydrogen-bond donors (Lipinski definition) is 0. The van der Waals surface area contributed by atoms with Crippen molar-refractivity contribution in [3.63, 3.8) is 0 Å². The van der Waals surface area contributed by atoms with Gasteiger partial charge in [0.2, 0.25) is 0 Å². The first-order valence-corrected chi connectivity index (χ1v) is 27.2. The Kier molecular flexibility index (Phi) is 7.52. The lowest BCUT2D eigenvalue weighted by molar-refractivity contribution is 0.478. The van der Waals surface area contributed by atoms with Crippen LogP contribution in [-0.4, -0.2) is 13.7 Å². The van der Waals surface area contributed by atoms with Gasteiger partial charge in [0.1, 0.15) is 5.75 Å². The summed E-state index contributed by atoms with van der Waals surface area (Å²) in [7, 11) is 0. The summed E-state index contributed by atoms with van der Waals surface area (Å²) in [5.74, 6) is 1.79. The minimum atomic E-state index is -0.0422. The molecule has 0 amide bonds. The van der Waals surface area contributed by atoms with Gasteiger partial charge in [-0.25, -0.2) is 0 Å². The van der Waals surface area contributed by atoms with Gasteiger partial charge in [-0.05, 0) is 148 Å². The van der Waals surface area contributed by atoms with Crippen LogP contribution < -0.4 is 46.0 Å². The van der Waals surface area contributed by atoms with Crippen LogP contribution in [0.5, 0.6) is 11.5 Å². The second kappa shape index (κ2) is 13.9. The fourth-order valence-electron chi connectivity index (χ4n) is 13.5. The van der Waals surface area contributed by atoms with Crippen molar-refractivity contribution < 1.29 is 4.74 Å². The summed E-state index contributed by atoms with van der Waals surface area (Å²) in [4.78, 5) is 18.2. The van der Waals surface area contributed by atoms with E-state index in [1.54, 1.807) is 0 Å². The Balaban J connectivity index is 0.817. The number of ether oxygens (including phenoxy) is 1. The van der Waals surface area contributed by atoms with Crippen LogP contribution in [0.1, 0.15) is 16.7 Å². The van der Waals surface area contributed by atoms with Crippen molar-refractivity contribution in [1.82, 2.24) is 0 Å². The van der Waals surface area contributed by atoms with E-state index in [1.165, 1.54) is 136 Å². The lowest BCUT2D eigenvalue weighted by Gasteiger charge is -2.49. The molecule has 0 bridgehead atoms. The predicted octanol–water partition coefficient (Wildman–Crippen LogP) is 14.5. The SMILES string of the molecule is Cc1cc2c3c(c1)N1c4ccccc4Sc4cccc(c41)B3N1c3ccc(Cc4cc5c6c(c4)N4c7ccccc7Sc7cccc(c74)B6N4c6ccccc6Oc6cccc-5c64)cc3Sc3cccc-2c31. The lowest BCUT2D eigenvalue weighted by Crippen LogP contribution is -2.62. The Morgan fingerprint density at radius 3 is 1.64 bits per heavy atom. The van der Waals surface area contributed by atoms with Crippen molar-refractivity contribution >= 4 is 128 Å². The van der Waals surface area contributed by atoms with Gasteiger partial charge in [-0.2, -0.15) is 0 Å². The van der Waals surface area contributed by atoms with Crippen LogP contribution in [0.3, 0.4) is 0 Å². The molecule has 0 radical (unpaired) electrons. The molecule has 8 aliphatic heterocycles. The van der Waals surface area contributed by atoms with Crippen molar-refractivity contribution in [3.8, 4) is 33.8 Å². The molecule has 72 heavy (non-hydrogen) atoms. The zero-order valence-corrected chi connectivity index (χ0v) is 41.1. The quantitative estimate of drug-likeness (QED) is 0.158. The van der Waals surface area contributed by atoms with E-state index in [-0.39, 0.29) is 13.7 Å². The Morgan fingerprint density at radius 1 is 0.375 bits per heavy atom. The molecule has 18 rings (SSSR count). The standard InChI is InChI=1S/C62H36B2N4OS3/c1-34-28-39-38-13-9-23-53-60(38)68(64-42-15-11-24-54-61(42)65(47(29-34)57(39)64)44-17-3-6-21-51(44)70-54)46-27-26-35(33-56(46)72-53)30-36-31-40-37-12-8-20-50-59(37)67(43-16-2-5-19-49(43)69-50)63-41-14-10-25-55-62(41)66(48(32-36)58(40)63)45-18-4-7-22-52(45)71-55/h2-29,31-33H,30H2,1H3. The molecule has 8 aliphatic rings. The van der Waals surface area contributed by atoms with Gasteiger partial charge in [-0.3, -0.25) is 0 Å². The van der Waals surface area contributed by atoms with Gasteiger partial charge in [0, 0.05) is 57.6 Å². The molecule has 10 aromatic carbocycles. The van der Waals surface area contributed by atoms with Crippen LogP contribution in [0.2, 0.25) is 0 Å². The maximum absolute atomic E-state index is 6.76. The number of hydrogen-bond acceptors (Lipinski definition) is 8. The first-order chi connectivity index (χ1) is 35.6. The minimum Gasteiger partial charge on any atom is -0.453 e. The average molecular weight is 971 g/mol. The molecule has 0 fully saturated rings. The fraction of sp³-hybridized carbons (Fsp3) is 0.0323. The Labute approximate surface area is 430 Å². The van der Waals surface area contributed by atoms with Crippen LogP contribution in [0.25, 0.3) is 22.3 Å². The van der Waals surface area contributed by atoms with Crippen molar-refractivity contribution in [1.29, 1.82) is 0 Å². The van der Waals surface area contributed by atoms with Crippen LogP contribution in [0, 0.1) is 6.92 Å². The molecular weight excluding hydrogens is 935 g/mol. The third-order valence-corrected chi connectivity index (χ3v) is 19.5. The summed E-state index contributed by atoms with van der Waals surface area (Å²) < 4.78 is 6.76. The highest BCUT2D eigenvalue weighted by Crippen LogP contribution is 2.61. The Bertz CT molecular complexity index is 4200. The number of anilines is 10.